The molecule has 1 atom stereocenters. The Hall–Kier alpha value is -2.03. The summed E-state index contributed by atoms with van der Waals surface area (Å²) in [4.78, 5) is 17.5. The molecule has 0 aliphatic carbocycles. The molecule has 0 unspecified atom stereocenters. The maximum Gasteiger partial charge on any atom is 0.317 e. The number of aromatic nitrogens is 2. The highest BCUT2D eigenvalue weighted by Crippen LogP contribution is 2.22. The van der Waals surface area contributed by atoms with Gasteiger partial charge >= 0.3 is 6.03 Å². The summed E-state index contributed by atoms with van der Waals surface area (Å²) in [6, 6.07) is 10.1. The van der Waals surface area contributed by atoms with Gasteiger partial charge in [0.15, 0.2) is 0 Å². The minimum absolute atomic E-state index is 0.0834. The largest absolute Gasteiger partial charge is 0.336 e. The zero-order valence-electron chi connectivity index (χ0n) is 14.5. The van der Waals surface area contributed by atoms with E-state index in [-0.39, 0.29) is 12.1 Å². The second-order valence-electron chi connectivity index (χ2n) is 6.12. The van der Waals surface area contributed by atoms with Crippen LogP contribution < -0.4 is 5.32 Å². The lowest BCUT2D eigenvalue weighted by Gasteiger charge is -2.25. The highest BCUT2D eigenvalue weighted by Gasteiger charge is 2.17. The van der Waals surface area contributed by atoms with Crippen molar-refractivity contribution in [2.75, 3.05) is 27.7 Å². The van der Waals surface area contributed by atoms with Gasteiger partial charge in [0, 0.05) is 25.0 Å². The van der Waals surface area contributed by atoms with Crippen molar-refractivity contribution in [1.82, 2.24) is 23.9 Å². The number of carbonyl (C=O) groups excluding carboxylic acids is 1. The van der Waals surface area contributed by atoms with E-state index in [9.17, 15) is 4.79 Å². The number of nitrogens with zero attached hydrogens (tertiary/aromatic N) is 4. The molecule has 25 heavy (non-hydrogen) atoms. The molecule has 0 spiro atoms. The topological polar surface area (TPSA) is 61.4 Å². The Bertz CT molecular complexity index is 831. The zero-order valence-corrected chi connectivity index (χ0v) is 16.1. The molecule has 0 radical (unpaired) electrons. The van der Waals surface area contributed by atoms with Gasteiger partial charge in [0.25, 0.3) is 0 Å². The molecule has 0 fully saturated rings. The van der Waals surface area contributed by atoms with Gasteiger partial charge in [-0.25, -0.2) is 4.79 Å². The fourth-order valence-corrected chi connectivity index (χ4v) is 4.05. The number of urea groups is 1. The quantitative estimate of drug-likeness (QED) is 0.719. The van der Waals surface area contributed by atoms with Crippen molar-refractivity contribution in [3.63, 3.8) is 0 Å². The summed E-state index contributed by atoms with van der Waals surface area (Å²) in [6.07, 6.45) is 0. The van der Waals surface area contributed by atoms with Gasteiger partial charge in [-0.05, 0) is 43.2 Å². The molecule has 0 aliphatic rings. The first kappa shape index (κ1) is 17.8. The number of rotatable bonds is 6. The Labute approximate surface area is 155 Å². The molecule has 2 amide bonds. The molecule has 0 saturated heterocycles. The molecule has 0 aliphatic heterocycles. The van der Waals surface area contributed by atoms with Crippen LogP contribution in [0.4, 0.5) is 4.79 Å². The summed E-state index contributed by atoms with van der Waals surface area (Å²) in [5, 5.41) is 5.09. The number of fused-ring (bicyclic) bond motifs is 1. The standard InChI is InChI=1S/C17H21N5OS2/c1-21(2)15(16-5-4-8-24-16)10-18-17(23)22(3)11-12-6-7-13-14(9-12)20-25-19-13/h4-9,15H,10-11H2,1-3H3,(H,18,23)/t15-/m0/s1. The Kier molecular flexibility index (Phi) is 5.62. The highest BCUT2D eigenvalue weighted by molar-refractivity contribution is 7.10. The number of benzene rings is 1. The third kappa shape index (κ3) is 4.33. The molecule has 2 aromatic heterocycles. The Morgan fingerprint density at radius 3 is 2.72 bits per heavy atom. The summed E-state index contributed by atoms with van der Waals surface area (Å²) >= 11 is 2.91. The highest BCUT2D eigenvalue weighted by atomic mass is 32.1. The van der Waals surface area contributed by atoms with E-state index in [0.717, 1.165) is 16.6 Å². The minimum Gasteiger partial charge on any atom is -0.336 e. The fraction of sp³-hybridized carbons (Fsp3) is 0.353. The first-order valence-corrected chi connectivity index (χ1v) is 9.55. The van der Waals surface area contributed by atoms with E-state index in [2.05, 4.69) is 30.4 Å². The summed E-state index contributed by atoms with van der Waals surface area (Å²) < 4.78 is 8.44. The number of likely N-dealkylation sites (N-methyl/N-ethyl adjacent to an activating group) is 1. The smallest absolute Gasteiger partial charge is 0.317 e. The van der Waals surface area contributed by atoms with Gasteiger partial charge in [0.05, 0.1) is 17.8 Å². The monoisotopic (exact) mass is 375 g/mol. The molecule has 0 saturated carbocycles. The molecule has 3 aromatic rings. The van der Waals surface area contributed by atoms with Crippen molar-refractivity contribution in [3.05, 3.63) is 46.2 Å². The van der Waals surface area contributed by atoms with E-state index >= 15 is 0 Å². The van der Waals surface area contributed by atoms with Crippen LogP contribution in [0.25, 0.3) is 11.0 Å². The van der Waals surface area contributed by atoms with E-state index in [0.29, 0.717) is 13.1 Å². The average Bonchev–Trinajstić information content (AvgIpc) is 3.25. The fourth-order valence-electron chi connectivity index (χ4n) is 2.61. The molecule has 1 N–H and O–H groups in total. The van der Waals surface area contributed by atoms with E-state index < -0.39 is 0 Å². The third-order valence-electron chi connectivity index (χ3n) is 4.03. The molecule has 6 nitrogen and oxygen atoms in total. The molecular formula is C17H21N5OS2. The summed E-state index contributed by atoms with van der Waals surface area (Å²) in [7, 11) is 5.85. The van der Waals surface area contributed by atoms with Gasteiger partial charge in [-0.3, -0.25) is 0 Å². The summed E-state index contributed by atoms with van der Waals surface area (Å²) in [6.45, 7) is 1.11. The average molecular weight is 376 g/mol. The maximum atomic E-state index is 12.4. The van der Waals surface area contributed by atoms with Crippen LogP contribution in [-0.2, 0) is 6.54 Å². The number of hydrogen-bond donors (Lipinski definition) is 1. The predicted molar refractivity (Wildman–Crippen MR) is 103 cm³/mol. The molecular weight excluding hydrogens is 354 g/mol. The lowest BCUT2D eigenvalue weighted by atomic mass is 10.2. The molecule has 0 bridgehead atoms. The summed E-state index contributed by atoms with van der Waals surface area (Å²) in [5.41, 5.74) is 2.81. The second-order valence-corrected chi connectivity index (χ2v) is 7.63. The number of carbonyl (C=O) groups is 1. The molecule has 8 heteroatoms. The molecule has 3 rings (SSSR count). The van der Waals surface area contributed by atoms with Crippen molar-refractivity contribution in [2.45, 2.75) is 12.6 Å². The first-order chi connectivity index (χ1) is 12.0. The number of nitrogens with one attached hydrogen (secondary N) is 1. The van der Waals surface area contributed by atoms with Crippen LogP contribution in [0.15, 0.2) is 35.7 Å². The Balaban J connectivity index is 1.58. The van der Waals surface area contributed by atoms with Crippen LogP contribution in [0, 0.1) is 0 Å². The molecule has 1 aromatic carbocycles. The van der Waals surface area contributed by atoms with Crippen molar-refractivity contribution in [3.8, 4) is 0 Å². The van der Waals surface area contributed by atoms with Crippen molar-refractivity contribution >= 4 is 40.1 Å². The second kappa shape index (κ2) is 7.90. The lowest BCUT2D eigenvalue weighted by molar-refractivity contribution is 0.201. The van der Waals surface area contributed by atoms with Gasteiger partial charge in [-0.1, -0.05) is 12.1 Å². The number of thiophene rings is 1. The van der Waals surface area contributed by atoms with Gasteiger partial charge in [0.2, 0.25) is 0 Å². The normalized spacial score (nSPS) is 12.5. The number of amides is 2. The van der Waals surface area contributed by atoms with Crippen molar-refractivity contribution < 1.29 is 4.79 Å². The Morgan fingerprint density at radius 2 is 2.00 bits per heavy atom. The van der Waals surface area contributed by atoms with Crippen LogP contribution in [0.2, 0.25) is 0 Å². The van der Waals surface area contributed by atoms with E-state index in [4.69, 9.17) is 0 Å². The number of hydrogen-bond acceptors (Lipinski definition) is 6. The predicted octanol–water partition coefficient (Wildman–Crippen LogP) is 3.20. The van der Waals surface area contributed by atoms with E-state index in [1.54, 1.807) is 23.3 Å². The first-order valence-electron chi connectivity index (χ1n) is 7.94. The van der Waals surface area contributed by atoms with Crippen LogP contribution in [-0.4, -0.2) is 52.3 Å². The van der Waals surface area contributed by atoms with Gasteiger partial charge in [-0.15, -0.1) is 11.3 Å². The minimum atomic E-state index is -0.0834. The maximum absolute atomic E-state index is 12.4. The molecule has 2 heterocycles. The summed E-state index contributed by atoms with van der Waals surface area (Å²) in [5.74, 6) is 0. The van der Waals surface area contributed by atoms with E-state index in [1.165, 1.54) is 16.6 Å². The Morgan fingerprint density at radius 1 is 1.20 bits per heavy atom. The van der Waals surface area contributed by atoms with Crippen LogP contribution in [0.1, 0.15) is 16.5 Å². The van der Waals surface area contributed by atoms with E-state index in [1.807, 2.05) is 38.4 Å². The van der Waals surface area contributed by atoms with Crippen molar-refractivity contribution in [1.29, 1.82) is 0 Å². The van der Waals surface area contributed by atoms with Crippen LogP contribution >= 0.6 is 23.1 Å². The van der Waals surface area contributed by atoms with Crippen LogP contribution in [0.5, 0.6) is 0 Å². The SMILES string of the molecule is CN(Cc1ccc2nsnc2c1)C(=O)NC[C@@H](c1cccs1)N(C)C. The van der Waals surface area contributed by atoms with Gasteiger partial charge < -0.3 is 15.1 Å². The lowest BCUT2D eigenvalue weighted by Crippen LogP contribution is -2.41. The van der Waals surface area contributed by atoms with Crippen molar-refractivity contribution in [2.24, 2.45) is 0 Å². The van der Waals surface area contributed by atoms with Gasteiger partial charge in [0.1, 0.15) is 11.0 Å². The third-order valence-corrected chi connectivity index (χ3v) is 5.56. The molecule has 132 valence electrons. The van der Waals surface area contributed by atoms with Gasteiger partial charge in [-0.2, -0.15) is 8.75 Å². The zero-order chi connectivity index (χ0) is 17.8. The van der Waals surface area contributed by atoms with Crippen LogP contribution in [0.3, 0.4) is 0 Å².